The molecule has 4 heteroatoms. The summed E-state index contributed by atoms with van der Waals surface area (Å²) in [7, 11) is 2.93. The van der Waals surface area contributed by atoms with Gasteiger partial charge in [0.2, 0.25) is 0 Å². The van der Waals surface area contributed by atoms with E-state index in [9.17, 15) is 9.90 Å². The number of benzene rings is 1. The summed E-state index contributed by atoms with van der Waals surface area (Å²) < 4.78 is 9.68. The number of rotatable bonds is 5. The van der Waals surface area contributed by atoms with E-state index >= 15 is 0 Å². The van der Waals surface area contributed by atoms with Crippen LogP contribution >= 0.6 is 0 Å². The zero-order valence-electron chi connectivity index (χ0n) is 9.47. The molecular weight excluding hydrogens is 208 g/mol. The zero-order chi connectivity index (χ0) is 12.0. The third-order valence-corrected chi connectivity index (χ3v) is 2.35. The third-order valence-electron chi connectivity index (χ3n) is 2.35. The van der Waals surface area contributed by atoms with Gasteiger partial charge in [0.15, 0.2) is 0 Å². The number of carbonyl (C=O) groups excluding carboxylic acids is 1. The van der Waals surface area contributed by atoms with Crippen LogP contribution in [0.25, 0.3) is 0 Å². The van der Waals surface area contributed by atoms with E-state index in [-0.39, 0.29) is 24.1 Å². The molecule has 1 rings (SSSR count). The highest BCUT2D eigenvalue weighted by Gasteiger charge is 2.16. The van der Waals surface area contributed by atoms with Gasteiger partial charge in [0.1, 0.15) is 5.75 Å². The first kappa shape index (κ1) is 12.5. The summed E-state index contributed by atoms with van der Waals surface area (Å²) in [6.45, 7) is 0.415. The summed E-state index contributed by atoms with van der Waals surface area (Å²) in [6.07, 6.45) is 0.244. The Morgan fingerprint density at radius 2 is 2.19 bits per heavy atom. The van der Waals surface area contributed by atoms with E-state index in [1.807, 2.05) is 6.07 Å². The van der Waals surface area contributed by atoms with Crippen molar-refractivity contribution in [1.82, 2.24) is 0 Å². The number of hydrogen-bond donors (Lipinski definition) is 1. The van der Waals surface area contributed by atoms with Crippen LogP contribution in [0, 0.1) is 0 Å². The van der Waals surface area contributed by atoms with Crippen LogP contribution in [0.5, 0.6) is 5.75 Å². The minimum absolute atomic E-state index is 0.0930. The molecule has 0 amide bonds. The Morgan fingerprint density at radius 1 is 1.44 bits per heavy atom. The van der Waals surface area contributed by atoms with E-state index in [1.165, 1.54) is 7.11 Å². The summed E-state index contributed by atoms with van der Waals surface area (Å²) in [5.41, 5.74) is 0.868. The Morgan fingerprint density at radius 3 is 2.75 bits per heavy atom. The number of phenolic OH excluding ortho intramolecular Hbond substituents is 1. The number of ether oxygens (including phenoxy) is 2. The molecule has 88 valence electrons. The first-order valence-corrected chi connectivity index (χ1v) is 5.02. The quantitative estimate of drug-likeness (QED) is 0.773. The molecule has 16 heavy (non-hydrogen) atoms. The molecule has 0 fully saturated rings. The van der Waals surface area contributed by atoms with E-state index in [0.717, 1.165) is 5.56 Å². The third kappa shape index (κ3) is 3.55. The molecule has 1 N–H and O–H groups in total. The van der Waals surface area contributed by atoms with Crippen molar-refractivity contribution in [3.63, 3.8) is 0 Å². The molecule has 0 unspecified atom stereocenters. The van der Waals surface area contributed by atoms with Gasteiger partial charge >= 0.3 is 5.97 Å². The van der Waals surface area contributed by atoms with Crippen LogP contribution in [0.4, 0.5) is 0 Å². The van der Waals surface area contributed by atoms with Gasteiger partial charge in [-0.05, 0) is 17.7 Å². The fourth-order valence-electron chi connectivity index (χ4n) is 1.54. The molecular formula is C12H16O4. The van der Waals surface area contributed by atoms with E-state index < -0.39 is 0 Å². The predicted molar refractivity (Wildman–Crippen MR) is 59.4 cm³/mol. The minimum Gasteiger partial charge on any atom is -0.508 e. The van der Waals surface area contributed by atoms with Crippen molar-refractivity contribution < 1.29 is 19.4 Å². The van der Waals surface area contributed by atoms with Crippen LogP contribution < -0.4 is 0 Å². The normalized spacial score (nSPS) is 12.1. The Kier molecular flexibility index (Phi) is 4.79. The van der Waals surface area contributed by atoms with Crippen molar-refractivity contribution in [2.24, 2.45) is 0 Å². The number of phenols is 1. The first-order valence-electron chi connectivity index (χ1n) is 5.02. The number of hydrogen-bond acceptors (Lipinski definition) is 4. The molecule has 0 saturated carbocycles. The van der Waals surface area contributed by atoms with Gasteiger partial charge in [0.25, 0.3) is 0 Å². The molecule has 0 aliphatic heterocycles. The van der Waals surface area contributed by atoms with Crippen LogP contribution in [0.1, 0.15) is 17.9 Å². The maximum absolute atomic E-state index is 11.2. The summed E-state index contributed by atoms with van der Waals surface area (Å²) >= 11 is 0. The summed E-state index contributed by atoms with van der Waals surface area (Å²) in [4.78, 5) is 11.2. The molecule has 1 aromatic rings. The fraction of sp³-hybridized carbons (Fsp3) is 0.417. The molecule has 4 nitrogen and oxygen atoms in total. The highest BCUT2D eigenvalue weighted by Crippen LogP contribution is 2.23. The van der Waals surface area contributed by atoms with Crippen LogP contribution in [0.2, 0.25) is 0 Å². The lowest BCUT2D eigenvalue weighted by atomic mass is 9.96. The summed E-state index contributed by atoms with van der Waals surface area (Å²) in [5.74, 6) is -0.196. The van der Waals surface area contributed by atoms with Crippen LogP contribution in [-0.2, 0) is 14.3 Å². The second-order valence-electron chi connectivity index (χ2n) is 3.53. The lowest BCUT2D eigenvalue weighted by molar-refractivity contribution is -0.141. The number of methoxy groups -OCH3 is 2. The van der Waals surface area contributed by atoms with E-state index in [4.69, 9.17) is 4.74 Å². The molecule has 0 aromatic heterocycles. The van der Waals surface area contributed by atoms with Gasteiger partial charge < -0.3 is 14.6 Å². The van der Waals surface area contributed by atoms with Gasteiger partial charge in [-0.1, -0.05) is 12.1 Å². The number of carbonyl (C=O) groups is 1. The molecule has 0 aliphatic carbocycles. The Bertz CT molecular complexity index is 349. The maximum Gasteiger partial charge on any atom is 0.306 e. The van der Waals surface area contributed by atoms with Gasteiger partial charge in [-0.2, -0.15) is 0 Å². The average Bonchev–Trinajstić information content (AvgIpc) is 2.28. The van der Waals surface area contributed by atoms with Crippen molar-refractivity contribution in [3.05, 3.63) is 29.8 Å². The molecule has 0 radical (unpaired) electrons. The van der Waals surface area contributed by atoms with Crippen molar-refractivity contribution in [2.75, 3.05) is 20.8 Å². The first-order chi connectivity index (χ1) is 7.67. The van der Waals surface area contributed by atoms with Crippen LogP contribution in [-0.4, -0.2) is 31.9 Å². The molecule has 0 aliphatic rings. The van der Waals surface area contributed by atoms with Crippen molar-refractivity contribution >= 4 is 5.97 Å². The van der Waals surface area contributed by atoms with Gasteiger partial charge in [-0.25, -0.2) is 0 Å². The Hall–Kier alpha value is -1.55. The predicted octanol–water partition coefficient (Wildman–Crippen LogP) is 1.69. The van der Waals surface area contributed by atoms with E-state index in [0.29, 0.717) is 6.61 Å². The smallest absolute Gasteiger partial charge is 0.306 e. The highest BCUT2D eigenvalue weighted by atomic mass is 16.5. The lowest BCUT2D eigenvalue weighted by Gasteiger charge is -2.15. The molecule has 0 spiro atoms. The second-order valence-corrected chi connectivity index (χ2v) is 3.53. The zero-order valence-corrected chi connectivity index (χ0v) is 9.47. The second kappa shape index (κ2) is 6.12. The SMILES string of the molecule is COC[C@H](CC(=O)OC)c1cccc(O)c1. The van der Waals surface area contributed by atoms with Gasteiger partial charge in [-0.3, -0.25) is 4.79 Å². The van der Waals surface area contributed by atoms with Crippen molar-refractivity contribution in [3.8, 4) is 5.75 Å². The topological polar surface area (TPSA) is 55.8 Å². The molecule has 0 saturated heterocycles. The number of aromatic hydroxyl groups is 1. The van der Waals surface area contributed by atoms with Gasteiger partial charge in [0.05, 0.1) is 20.1 Å². The summed E-state index contributed by atoms with van der Waals surface area (Å²) in [6, 6.07) is 6.81. The van der Waals surface area contributed by atoms with Crippen LogP contribution in [0.3, 0.4) is 0 Å². The number of esters is 1. The van der Waals surface area contributed by atoms with Gasteiger partial charge in [0, 0.05) is 13.0 Å². The molecule has 0 heterocycles. The maximum atomic E-state index is 11.2. The Balaban J connectivity index is 2.80. The van der Waals surface area contributed by atoms with Crippen LogP contribution in [0.15, 0.2) is 24.3 Å². The summed E-state index contributed by atoms with van der Waals surface area (Å²) in [5, 5.41) is 9.36. The fourth-order valence-corrected chi connectivity index (χ4v) is 1.54. The Labute approximate surface area is 94.8 Å². The van der Waals surface area contributed by atoms with Crippen molar-refractivity contribution in [1.29, 1.82) is 0 Å². The van der Waals surface area contributed by atoms with Crippen molar-refractivity contribution in [2.45, 2.75) is 12.3 Å². The minimum atomic E-state index is -0.287. The largest absolute Gasteiger partial charge is 0.508 e. The van der Waals surface area contributed by atoms with E-state index in [2.05, 4.69) is 4.74 Å². The van der Waals surface area contributed by atoms with Gasteiger partial charge in [-0.15, -0.1) is 0 Å². The standard InChI is InChI=1S/C12H16O4/c1-15-8-10(7-12(14)16-2)9-4-3-5-11(13)6-9/h3-6,10,13H,7-8H2,1-2H3/t10-/m0/s1. The highest BCUT2D eigenvalue weighted by molar-refractivity contribution is 5.70. The monoisotopic (exact) mass is 224 g/mol. The lowest BCUT2D eigenvalue weighted by Crippen LogP contribution is -2.13. The molecule has 1 aromatic carbocycles. The van der Waals surface area contributed by atoms with E-state index in [1.54, 1.807) is 25.3 Å². The average molecular weight is 224 g/mol. The molecule has 0 bridgehead atoms. The molecule has 1 atom stereocenters.